The van der Waals surface area contributed by atoms with Gasteiger partial charge in [-0.3, -0.25) is 0 Å². The SMILES string of the molecule is CC=CC=CC(C=CC1=CCC(C)CC=C1)=CC. The largest absolute Gasteiger partial charge is 0.0877 e. The molecule has 0 aromatic heterocycles. The van der Waals surface area contributed by atoms with Crippen LogP contribution in [0.4, 0.5) is 0 Å². The van der Waals surface area contributed by atoms with Crippen LogP contribution in [0.25, 0.3) is 0 Å². The predicted octanol–water partition coefficient (Wildman–Crippen LogP) is 5.53. The topological polar surface area (TPSA) is 0 Å². The summed E-state index contributed by atoms with van der Waals surface area (Å²) in [4.78, 5) is 0. The van der Waals surface area contributed by atoms with E-state index in [1.165, 1.54) is 24.0 Å². The van der Waals surface area contributed by atoms with Crippen LogP contribution in [-0.2, 0) is 0 Å². The molecule has 0 spiro atoms. The molecule has 0 N–H and O–H groups in total. The molecular weight excluding hydrogens is 216 g/mol. The second kappa shape index (κ2) is 8.52. The molecule has 0 amide bonds. The molecular formula is C18H24. The Morgan fingerprint density at radius 2 is 2.00 bits per heavy atom. The van der Waals surface area contributed by atoms with Crippen LogP contribution in [-0.4, -0.2) is 0 Å². The van der Waals surface area contributed by atoms with Crippen molar-refractivity contribution in [3.63, 3.8) is 0 Å². The highest BCUT2D eigenvalue weighted by atomic mass is 14.1. The Labute approximate surface area is 112 Å². The minimum atomic E-state index is 0.767. The maximum absolute atomic E-state index is 2.33. The van der Waals surface area contributed by atoms with E-state index in [1.54, 1.807) is 0 Å². The summed E-state index contributed by atoms with van der Waals surface area (Å²) < 4.78 is 0. The molecule has 0 radical (unpaired) electrons. The third kappa shape index (κ3) is 5.67. The molecule has 1 atom stereocenters. The molecule has 0 heterocycles. The van der Waals surface area contributed by atoms with Gasteiger partial charge in [-0.15, -0.1) is 0 Å². The van der Waals surface area contributed by atoms with Crippen LogP contribution in [0.15, 0.2) is 71.9 Å². The average molecular weight is 240 g/mol. The molecule has 1 aliphatic carbocycles. The first kappa shape index (κ1) is 14.5. The first-order valence-electron chi connectivity index (χ1n) is 6.76. The second-order valence-electron chi connectivity index (χ2n) is 4.69. The van der Waals surface area contributed by atoms with Gasteiger partial charge < -0.3 is 0 Å². The fourth-order valence-corrected chi connectivity index (χ4v) is 1.78. The third-order valence-corrected chi connectivity index (χ3v) is 3.00. The molecule has 96 valence electrons. The van der Waals surface area contributed by atoms with Crippen LogP contribution < -0.4 is 0 Å². The van der Waals surface area contributed by atoms with E-state index in [9.17, 15) is 0 Å². The summed E-state index contributed by atoms with van der Waals surface area (Å²) in [5.41, 5.74) is 2.55. The van der Waals surface area contributed by atoms with E-state index < -0.39 is 0 Å². The molecule has 0 saturated heterocycles. The van der Waals surface area contributed by atoms with Crippen LogP contribution in [0.1, 0.15) is 33.6 Å². The fraction of sp³-hybridized carbons (Fsp3) is 0.333. The van der Waals surface area contributed by atoms with Gasteiger partial charge >= 0.3 is 0 Å². The lowest BCUT2D eigenvalue weighted by Gasteiger charge is -2.00. The summed E-state index contributed by atoms with van der Waals surface area (Å²) in [6.07, 6.45) is 24.0. The van der Waals surface area contributed by atoms with Crippen molar-refractivity contribution in [2.75, 3.05) is 0 Å². The zero-order valence-electron chi connectivity index (χ0n) is 11.8. The summed E-state index contributed by atoms with van der Waals surface area (Å²) in [6, 6.07) is 0. The Hall–Kier alpha value is -1.56. The van der Waals surface area contributed by atoms with Gasteiger partial charge in [0, 0.05) is 0 Å². The minimum absolute atomic E-state index is 0.767. The van der Waals surface area contributed by atoms with Crippen LogP contribution in [0.2, 0.25) is 0 Å². The monoisotopic (exact) mass is 240 g/mol. The van der Waals surface area contributed by atoms with Crippen LogP contribution >= 0.6 is 0 Å². The molecule has 1 rings (SSSR count). The van der Waals surface area contributed by atoms with Gasteiger partial charge in [-0.1, -0.05) is 67.7 Å². The van der Waals surface area contributed by atoms with Gasteiger partial charge in [-0.2, -0.15) is 0 Å². The predicted molar refractivity (Wildman–Crippen MR) is 82.5 cm³/mol. The van der Waals surface area contributed by atoms with E-state index in [0.29, 0.717) is 0 Å². The molecule has 18 heavy (non-hydrogen) atoms. The first-order chi connectivity index (χ1) is 8.76. The van der Waals surface area contributed by atoms with Crippen molar-refractivity contribution in [2.24, 2.45) is 5.92 Å². The maximum Gasteiger partial charge on any atom is -0.0299 e. The van der Waals surface area contributed by atoms with E-state index in [2.05, 4.69) is 62.5 Å². The molecule has 0 bridgehead atoms. The molecule has 0 aromatic carbocycles. The van der Waals surface area contributed by atoms with Crippen molar-refractivity contribution in [3.8, 4) is 0 Å². The van der Waals surface area contributed by atoms with E-state index in [4.69, 9.17) is 0 Å². The summed E-state index contributed by atoms with van der Waals surface area (Å²) in [5, 5.41) is 0. The number of rotatable bonds is 4. The summed E-state index contributed by atoms with van der Waals surface area (Å²) >= 11 is 0. The summed E-state index contributed by atoms with van der Waals surface area (Å²) in [5.74, 6) is 0.767. The number of hydrogen-bond acceptors (Lipinski definition) is 0. The Morgan fingerprint density at radius 1 is 1.17 bits per heavy atom. The van der Waals surface area contributed by atoms with Crippen LogP contribution in [0, 0.1) is 5.92 Å². The fourth-order valence-electron chi connectivity index (χ4n) is 1.78. The van der Waals surface area contributed by atoms with Gasteiger partial charge in [-0.25, -0.2) is 0 Å². The van der Waals surface area contributed by atoms with E-state index in [-0.39, 0.29) is 0 Å². The molecule has 0 fully saturated rings. The van der Waals surface area contributed by atoms with Crippen LogP contribution in [0.5, 0.6) is 0 Å². The van der Waals surface area contributed by atoms with E-state index in [1.807, 2.05) is 19.1 Å². The lowest BCUT2D eigenvalue weighted by molar-refractivity contribution is 0.606. The second-order valence-corrected chi connectivity index (χ2v) is 4.69. The highest BCUT2D eigenvalue weighted by Gasteiger charge is 2.01. The van der Waals surface area contributed by atoms with Crippen molar-refractivity contribution >= 4 is 0 Å². The molecule has 1 unspecified atom stereocenters. The smallest absolute Gasteiger partial charge is 0.0299 e. The van der Waals surface area contributed by atoms with Gasteiger partial charge in [0.15, 0.2) is 0 Å². The van der Waals surface area contributed by atoms with E-state index in [0.717, 1.165) is 5.92 Å². The van der Waals surface area contributed by atoms with Crippen molar-refractivity contribution in [1.82, 2.24) is 0 Å². The first-order valence-corrected chi connectivity index (χ1v) is 6.76. The molecule has 0 aliphatic heterocycles. The number of allylic oxidation sites excluding steroid dienone is 12. The maximum atomic E-state index is 2.33. The quantitative estimate of drug-likeness (QED) is 0.566. The van der Waals surface area contributed by atoms with Crippen molar-refractivity contribution in [1.29, 1.82) is 0 Å². The molecule has 0 aromatic rings. The lowest BCUT2D eigenvalue weighted by Crippen LogP contribution is -1.87. The average Bonchev–Trinajstić information content (AvgIpc) is 2.58. The van der Waals surface area contributed by atoms with Gasteiger partial charge in [0.1, 0.15) is 0 Å². The summed E-state index contributed by atoms with van der Waals surface area (Å²) in [7, 11) is 0. The molecule has 0 nitrogen and oxygen atoms in total. The zero-order valence-corrected chi connectivity index (χ0v) is 11.8. The van der Waals surface area contributed by atoms with E-state index >= 15 is 0 Å². The van der Waals surface area contributed by atoms with Crippen molar-refractivity contribution in [2.45, 2.75) is 33.6 Å². The summed E-state index contributed by atoms with van der Waals surface area (Å²) in [6.45, 7) is 6.39. The lowest BCUT2D eigenvalue weighted by atomic mass is 10.1. The molecule has 0 heteroatoms. The standard InChI is InChI=1S/C18H24/c1-4-6-7-10-17(5-2)14-15-18-11-8-9-16(3)12-13-18/h4-8,10-11,13-16H,9,12H2,1-3H3. The Bertz CT molecular complexity index is 411. The minimum Gasteiger partial charge on any atom is -0.0877 e. The highest BCUT2D eigenvalue weighted by Crippen LogP contribution is 2.17. The van der Waals surface area contributed by atoms with Crippen molar-refractivity contribution in [3.05, 3.63) is 71.9 Å². The Kier molecular flexibility index (Phi) is 6.86. The van der Waals surface area contributed by atoms with Crippen molar-refractivity contribution < 1.29 is 0 Å². The Balaban J connectivity index is 2.67. The molecule has 1 aliphatic rings. The molecule has 0 saturated carbocycles. The van der Waals surface area contributed by atoms with Gasteiger partial charge in [0.2, 0.25) is 0 Å². The highest BCUT2D eigenvalue weighted by molar-refractivity contribution is 5.39. The Morgan fingerprint density at radius 3 is 2.72 bits per heavy atom. The third-order valence-electron chi connectivity index (χ3n) is 3.00. The normalized spacial score (nSPS) is 22.1. The van der Waals surface area contributed by atoms with Gasteiger partial charge in [0.05, 0.1) is 0 Å². The number of hydrogen-bond donors (Lipinski definition) is 0. The van der Waals surface area contributed by atoms with Crippen LogP contribution in [0.3, 0.4) is 0 Å². The van der Waals surface area contributed by atoms with Gasteiger partial charge in [0.25, 0.3) is 0 Å². The zero-order chi connectivity index (χ0) is 13.2. The van der Waals surface area contributed by atoms with Gasteiger partial charge in [-0.05, 0) is 43.8 Å².